The van der Waals surface area contributed by atoms with E-state index in [-0.39, 0.29) is 18.6 Å². The van der Waals surface area contributed by atoms with Crippen molar-refractivity contribution in [1.82, 2.24) is 15.0 Å². The third-order valence-electron chi connectivity index (χ3n) is 5.14. The molecule has 1 fully saturated rings. The zero-order chi connectivity index (χ0) is 19.7. The van der Waals surface area contributed by atoms with E-state index in [0.717, 1.165) is 33.0 Å². The number of nitrogens with zero attached hydrogens (tertiary/aromatic N) is 3. The second-order valence-corrected chi connectivity index (χ2v) is 8.24. The van der Waals surface area contributed by atoms with E-state index in [2.05, 4.69) is 26.7 Å². The zero-order valence-electron chi connectivity index (χ0n) is 16.0. The zero-order valence-corrected chi connectivity index (χ0v) is 16.8. The van der Waals surface area contributed by atoms with Crippen LogP contribution in [0.4, 0.5) is 11.8 Å². The third kappa shape index (κ3) is 3.67. The first-order chi connectivity index (χ1) is 13.6. The molecular formula is C20H25N5O2S. The van der Waals surface area contributed by atoms with Crippen LogP contribution in [0.5, 0.6) is 0 Å². The Balaban J connectivity index is 1.76. The first kappa shape index (κ1) is 19.0. The normalized spacial score (nSPS) is 21.9. The van der Waals surface area contributed by atoms with Gasteiger partial charge in [0, 0.05) is 13.2 Å². The van der Waals surface area contributed by atoms with Gasteiger partial charge in [-0.25, -0.2) is 9.97 Å². The number of fused-ring (bicyclic) bond motifs is 1. The van der Waals surface area contributed by atoms with Crippen LogP contribution >= 0.6 is 11.3 Å². The monoisotopic (exact) mass is 399 g/mol. The Morgan fingerprint density at radius 1 is 1.18 bits per heavy atom. The topological polar surface area (TPSA) is 103 Å². The van der Waals surface area contributed by atoms with Crippen molar-refractivity contribution >= 4 is 33.3 Å². The van der Waals surface area contributed by atoms with Gasteiger partial charge < -0.3 is 20.8 Å². The standard InChI is InChI=1S/C20H25N5O2S/c1-3-21-20-22-11(2)17(19-24-13-6-4-5-7-16(13)28-19)18(25-20)23-14-8-12(10-26)9-15(14)27/h4-7,12,14-15,26-27H,3,8-10H2,1-2H3,(H2,21,22,23,25)/t12-,14+,15+/m0/s1. The fraction of sp³-hybridized carbons (Fsp3) is 0.450. The van der Waals surface area contributed by atoms with Gasteiger partial charge >= 0.3 is 0 Å². The summed E-state index contributed by atoms with van der Waals surface area (Å²) in [6.45, 7) is 4.76. The molecule has 2 aromatic heterocycles. The maximum Gasteiger partial charge on any atom is 0.224 e. The second-order valence-electron chi connectivity index (χ2n) is 7.21. The maximum absolute atomic E-state index is 10.4. The molecule has 4 rings (SSSR count). The van der Waals surface area contributed by atoms with Gasteiger partial charge in [0.1, 0.15) is 10.8 Å². The highest BCUT2D eigenvalue weighted by atomic mass is 32.1. The smallest absolute Gasteiger partial charge is 0.224 e. The van der Waals surface area contributed by atoms with Crippen LogP contribution in [0, 0.1) is 12.8 Å². The van der Waals surface area contributed by atoms with E-state index < -0.39 is 6.10 Å². The molecule has 28 heavy (non-hydrogen) atoms. The molecule has 0 radical (unpaired) electrons. The van der Waals surface area contributed by atoms with Gasteiger partial charge in [-0.05, 0) is 44.7 Å². The van der Waals surface area contributed by atoms with Crippen LogP contribution in [-0.4, -0.2) is 50.5 Å². The molecule has 3 aromatic rings. The summed E-state index contributed by atoms with van der Waals surface area (Å²) in [5.41, 5.74) is 2.64. The highest BCUT2D eigenvalue weighted by molar-refractivity contribution is 7.21. The van der Waals surface area contributed by atoms with Crippen LogP contribution in [0.25, 0.3) is 20.8 Å². The maximum atomic E-state index is 10.4. The summed E-state index contributed by atoms with van der Waals surface area (Å²) in [6.07, 6.45) is 0.781. The highest BCUT2D eigenvalue weighted by Gasteiger charge is 2.33. The summed E-state index contributed by atoms with van der Waals surface area (Å²) < 4.78 is 1.11. The number of nitrogens with one attached hydrogen (secondary N) is 2. The van der Waals surface area contributed by atoms with E-state index in [1.807, 2.05) is 32.0 Å². The summed E-state index contributed by atoms with van der Waals surface area (Å²) >= 11 is 1.61. The number of hydrogen-bond donors (Lipinski definition) is 4. The molecule has 1 aliphatic rings. The summed E-state index contributed by atoms with van der Waals surface area (Å²) in [6, 6.07) is 7.88. The van der Waals surface area contributed by atoms with E-state index in [4.69, 9.17) is 4.98 Å². The number of aryl methyl sites for hydroxylation is 1. The Bertz CT molecular complexity index is 943. The lowest BCUT2D eigenvalue weighted by molar-refractivity contribution is 0.157. The molecule has 0 spiro atoms. The number of aliphatic hydroxyl groups is 2. The molecule has 148 valence electrons. The lowest BCUT2D eigenvalue weighted by Gasteiger charge is -2.20. The molecule has 0 aliphatic heterocycles. The number of anilines is 2. The van der Waals surface area contributed by atoms with Crippen LogP contribution < -0.4 is 10.6 Å². The molecule has 1 aliphatic carbocycles. The molecule has 7 nitrogen and oxygen atoms in total. The number of aromatic nitrogens is 3. The molecule has 0 unspecified atom stereocenters. The molecule has 0 saturated heterocycles. The van der Waals surface area contributed by atoms with Gasteiger partial charge in [0.15, 0.2) is 0 Å². The minimum atomic E-state index is -0.516. The van der Waals surface area contributed by atoms with Gasteiger partial charge in [0.05, 0.1) is 33.6 Å². The molecule has 0 amide bonds. The van der Waals surface area contributed by atoms with E-state index in [9.17, 15) is 10.2 Å². The summed E-state index contributed by atoms with van der Waals surface area (Å²) in [5, 5.41) is 27.3. The van der Waals surface area contributed by atoms with Gasteiger partial charge in [-0.1, -0.05) is 12.1 Å². The molecular weight excluding hydrogens is 374 g/mol. The van der Waals surface area contributed by atoms with Crippen molar-refractivity contribution in [2.45, 2.75) is 38.8 Å². The van der Waals surface area contributed by atoms with Gasteiger partial charge in [-0.2, -0.15) is 4.98 Å². The quantitative estimate of drug-likeness (QED) is 0.505. The predicted octanol–water partition coefficient (Wildman–Crippen LogP) is 3.04. The summed E-state index contributed by atoms with van der Waals surface area (Å²) in [4.78, 5) is 14.1. The van der Waals surface area contributed by atoms with E-state index in [0.29, 0.717) is 24.6 Å². The van der Waals surface area contributed by atoms with Crippen molar-refractivity contribution in [1.29, 1.82) is 0 Å². The molecule has 3 atom stereocenters. The first-order valence-electron chi connectivity index (χ1n) is 9.63. The van der Waals surface area contributed by atoms with Gasteiger partial charge in [0.25, 0.3) is 0 Å². The van der Waals surface area contributed by atoms with Crippen LogP contribution in [0.3, 0.4) is 0 Å². The number of hydrogen-bond acceptors (Lipinski definition) is 8. The molecule has 0 bridgehead atoms. The van der Waals surface area contributed by atoms with Crippen molar-refractivity contribution < 1.29 is 10.2 Å². The van der Waals surface area contributed by atoms with Gasteiger partial charge in [-0.15, -0.1) is 11.3 Å². The van der Waals surface area contributed by atoms with Gasteiger partial charge in [-0.3, -0.25) is 0 Å². The number of aliphatic hydroxyl groups excluding tert-OH is 2. The fourth-order valence-corrected chi connectivity index (χ4v) is 4.81. The van der Waals surface area contributed by atoms with E-state index in [1.54, 1.807) is 11.3 Å². The second kappa shape index (κ2) is 7.98. The number of thiazole rings is 1. The van der Waals surface area contributed by atoms with Crippen molar-refractivity contribution in [3.63, 3.8) is 0 Å². The number of para-hydroxylation sites is 1. The van der Waals surface area contributed by atoms with Crippen molar-refractivity contribution in [2.75, 3.05) is 23.8 Å². The molecule has 2 heterocycles. The summed E-state index contributed by atoms with van der Waals surface area (Å²) in [7, 11) is 0. The Morgan fingerprint density at radius 3 is 2.71 bits per heavy atom. The minimum Gasteiger partial charge on any atom is -0.396 e. The molecule has 1 saturated carbocycles. The van der Waals surface area contributed by atoms with Crippen LogP contribution in [-0.2, 0) is 0 Å². The van der Waals surface area contributed by atoms with Crippen LogP contribution in [0.1, 0.15) is 25.5 Å². The van der Waals surface area contributed by atoms with Crippen molar-refractivity contribution in [2.24, 2.45) is 5.92 Å². The minimum absolute atomic E-state index is 0.0887. The first-order valence-corrected chi connectivity index (χ1v) is 10.4. The Kier molecular flexibility index (Phi) is 5.43. The SMILES string of the molecule is CCNc1nc(C)c(-c2nc3ccccc3s2)c(N[C@@H]2C[C@H](CO)C[C@H]2O)n1. The Labute approximate surface area is 167 Å². The average molecular weight is 400 g/mol. The number of rotatable bonds is 6. The fourth-order valence-electron chi connectivity index (χ4n) is 3.75. The van der Waals surface area contributed by atoms with Crippen molar-refractivity contribution in [3.8, 4) is 10.6 Å². The third-order valence-corrected chi connectivity index (χ3v) is 6.19. The molecule has 4 N–H and O–H groups in total. The van der Waals surface area contributed by atoms with Gasteiger partial charge in [0.2, 0.25) is 5.95 Å². The van der Waals surface area contributed by atoms with Crippen LogP contribution in [0.2, 0.25) is 0 Å². The van der Waals surface area contributed by atoms with E-state index in [1.165, 1.54) is 0 Å². The molecule has 8 heteroatoms. The largest absolute Gasteiger partial charge is 0.396 e. The predicted molar refractivity (Wildman–Crippen MR) is 113 cm³/mol. The highest BCUT2D eigenvalue weighted by Crippen LogP contribution is 2.37. The lowest BCUT2D eigenvalue weighted by Crippen LogP contribution is -2.29. The summed E-state index contributed by atoms with van der Waals surface area (Å²) in [5.74, 6) is 1.33. The number of benzene rings is 1. The molecule has 1 aromatic carbocycles. The van der Waals surface area contributed by atoms with Crippen LogP contribution in [0.15, 0.2) is 24.3 Å². The lowest BCUT2D eigenvalue weighted by atomic mass is 10.1. The Hall–Kier alpha value is -2.29. The average Bonchev–Trinajstić information content (AvgIpc) is 3.25. The van der Waals surface area contributed by atoms with Crippen molar-refractivity contribution in [3.05, 3.63) is 30.0 Å². The Morgan fingerprint density at radius 2 is 2.00 bits per heavy atom. The van der Waals surface area contributed by atoms with E-state index >= 15 is 0 Å².